The minimum atomic E-state index is -3.73. The first kappa shape index (κ1) is 47.4. The number of unbranched alkanes of at least 4 members (excludes halogenated alkanes) is 8. The summed E-state index contributed by atoms with van der Waals surface area (Å²) in [6.07, 6.45) is 10.1. The molecule has 3 aromatic carbocycles. The summed E-state index contributed by atoms with van der Waals surface area (Å²) in [4.78, 5) is 84.7. The predicted octanol–water partition coefficient (Wildman–Crippen LogP) is 6.67. The maximum absolute atomic E-state index is 13.2. The van der Waals surface area contributed by atoms with Gasteiger partial charge in [-0.2, -0.15) is 4.98 Å². The zero-order chi connectivity index (χ0) is 46.0. The van der Waals surface area contributed by atoms with Crippen LogP contribution in [0.15, 0.2) is 70.2 Å². The molecule has 2 aliphatic rings. The van der Waals surface area contributed by atoms with E-state index in [1.165, 1.54) is 18.2 Å². The van der Waals surface area contributed by atoms with Crippen molar-refractivity contribution in [3.63, 3.8) is 0 Å². The van der Waals surface area contributed by atoms with Crippen molar-refractivity contribution >= 4 is 84.4 Å². The van der Waals surface area contributed by atoms with E-state index in [1.54, 1.807) is 56.4 Å². The number of primary amides is 1. The number of fused-ring (bicyclic) bond motifs is 1. The standard InChI is InChI=1S/C45H51BrN8O9S/c1-27-14-12-17-34(38(27)40(47)57)50-41-32(46)25-48-45(53-41)51-33-20-19-30(24-28(33)2)64(61,62)49-23-11-9-7-5-3-4-6-8-10-15-29(55)26-63-36-18-13-16-31-39(36)44(60)54(43(31)59)35-21-22-37(56)52-42(35)58/h12-14,16-20,24-25,35,49H,3-11,15,21-23,26H2,1-2H3,(H2,47,57)(H,52,56,58)(H2,48,50,51,53). The highest BCUT2D eigenvalue weighted by molar-refractivity contribution is 9.10. The van der Waals surface area contributed by atoms with Crippen LogP contribution in [-0.4, -0.2) is 77.8 Å². The molecule has 0 radical (unpaired) electrons. The second kappa shape index (κ2) is 21.6. The number of ether oxygens (including phenoxy) is 1. The summed E-state index contributed by atoms with van der Waals surface area (Å²) in [5, 5.41) is 8.45. The van der Waals surface area contributed by atoms with Gasteiger partial charge in [0.2, 0.25) is 27.8 Å². The molecular weight excluding hydrogens is 909 g/mol. The van der Waals surface area contributed by atoms with Gasteiger partial charge in [0.25, 0.3) is 17.7 Å². The van der Waals surface area contributed by atoms with E-state index in [-0.39, 0.29) is 53.0 Å². The maximum Gasteiger partial charge on any atom is 0.266 e. The van der Waals surface area contributed by atoms with Gasteiger partial charge in [-0.05, 0) is 96.6 Å². The molecule has 0 spiro atoms. The Labute approximate surface area is 379 Å². The lowest BCUT2D eigenvalue weighted by atomic mass is 10.0. The highest BCUT2D eigenvalue weighted by Gasteiger charge is 2.46. The number of ketones is 1. The van der Waals surface area contributed by atoms with Gasteiger partial charge in [-0.1, -0.05) is 63.1 Å². The van der Waals surface area contributed by atoms with E-state index in [0.717, 1.165) is 55.4 Å². The number of hydrogen-bond acceptors (Lipinski definition) is 13. The van der Waals surface area contributed by atoms with Gasteiger partial charge in [0.1, 0.15) is 24.2 Å². The van der Waals surface area contributed by atoms with Crippen LogP contribution in [0.3, 0.4) is 0 Å². The molecule has 6 N–H and O–H groups in total. The van der Waals surface area contributed by atoms with Gasteiger partial charge >= 0.3 is 0 Å². The van der Waals surface area contributed by atoms with Crippen LogP contribution >= 0.6 is 15.9 Å². The normalized spacial score (nSPS) is 14.9. The third-order valence-electron chi connectivity index (χ3n) is 11.0. The number of carbonyl (C=O) groups excluding carboxylic acids is 6. The van der Waals surface area contributed by atoms with Crippen LogP contribution in [0, 0.1) is 13.8 Å². The third-order valence-corrected chi connectivity index (χ3v) is 13.1. The Morgan fingerprint density at radius 1 is 0.875 bits per heavy atom. The molecule has 0 saturated carbocycles. The predicted molar refractivity (Wildman–Crippen MR) is 242 cm³/mol. The number of halogens is 1. The van der Waals surface area contributed by atoms with Crippen molar-refractivity contribution in [2.45, 2.75) is 102 Å². The fourth-order valence-corrected chi connectivity index (χ4v) is 9.06. The van der Waals surface area contributed by atoms with Crippen molar-refractivity contribution in [1.82, 2.24) is 24.9 Å². The lowest BCUT2D eigenvalue weighted by molar-refractivity contribution is -0.136. The molecule has 5 amide bonds. The van der Waals surface area contributed by atoms with Crippen molar-refractivity contribution in [3.05, 3.63) is 93.1 Å². The SMILES string of the molecule is Cc1cc(S(=O)(=O)NCCCCCCCCCCCC(=O)COc2cccc3c2C(=O)N(C2CCC(=O)NC2=O)C3=O)ccc1Nc1ncc(Br)c(Nc2cccc(C)c2C(N)=O)n1. The van der Waals surface area contributed by atoms with E-state index in [9.17, 15) is 37.2 Å². The summed E-state index contributed by atoms with van der Waals surface area (Å²) in [6, 6.07) is 13.5. The molecule has 3 heterocycles. The number of Topliss-reactive ketones (excluding diaryl/α,β-unsaturated/α-hetero) is 1. The molecule has 19 heteroatoms. The van der Waals surface area contributed by atoms with Crippen LogP contribution in [-0.2, 0) is 24.4 Å². The fourth-order valence-electron chi connectivity index (χ4n) is 7.61. The number of piperidine rings is 1. The Morgan fingerprint density at radius 3 is 2.28 bits per heavy atom. The second-order valence-electron chi connectivity index (χ2n) is 15.8. The molecule has 1 saturated heterocycles. The van der Waals surface area contributed by atoms with E-state index in [4.69, 9.17) is 10.5 Å². The van der Waals surface area contributed by atoms with Crippen LogP contribution in [0.2, 0.25) is 0 Å². The Morgan fingerprint density at radius 2 is 1.58 bits per heavy atom. The van der Waals surface area contributed by atoms with Gasteiger partial charge in [-0.15, -0.1) is 0 Å². The summed E-state index contributed by atoms with van der Waals surface area (Å²) >= 11 is 3.44. The van der Waals surface area contributed by atoms with Crippen molar-refractivity contribution in [1.29, 1.82) is 0 Å². The number of nitrogens with two attached hydrogens (primary N) is 1. The monoisotopic (exact) mass is 958 g/mol. The van der Waals surface area contributed by atoms with Gasteiger partial charge in [0.05, 0.1) is 31.7 Å². The number of hydrogen-bond donors (Lipinski definition) is 5. The molecule has 1 aromatic heterocycles. The lowest BCUT2D eigenvalue weighted by Gasteiger charge is -2.27. The average molecular weight is 960 g/mol. The summed E-state index contributed by atoms with van der Waals surface area (Å²) in [5.74, 6) is -2.42. The van der Waals surface area contributed by atoms with Crippen LogP contribution in [0.25, 0.3) is 0 Å². The van der Waals surface area contributed by atoms with E-state index in [1.807, 2.05) is 0 Å². The minimum absolute atomic E-state index is 0.0135. The molecule has 2 aliphatic heterocycles. The number of aryl methyl sites for hydroxylation is 2. The summed E-state index contributed by atoms with van der Waals surface area (Å²) in [6.45, 7) is 3.65. The van der Waals surface area contributed by atoms with Crippen LogP contribution in [0.1, 0.15) is 119 Å². The largest absolute Gasteiger partial charge is 0.485 e. The Hall–Kier alpha value is -6.05. The van der Waals surface area contributed by atoms with Gasteiger partial charge < -0.3 is 21.1 Å². The van der Waals surface area contributed by atoms with Gasteiger partial charge in [0.15, 0.2) is 5.78 Å². The van der Waals surface area contributed by atoms with Crippen LogP contribution < -0.4 is 31.1 Å². The molecule has 1 unspecified atom stereocenters. The summed E-state index contributed by atoms with van der Waals surface area (Å²) < 4.78 is 35.1. The summed E-state index contributed by atoms with van der Waals surface area (Å²) in [5.41, 5.74) is 8.58. The second-order valence-corrected chi connectivity index (χ2v) is 18.4. The Balaban J connectivity index is 0.835. The molecule has 64 heavy (non-hydrogen) atoms. The molecule has 6 rings (SSSR count). The maximum atomic E-state index is 13.2. The molecular formula is C45H51BrN8O9S. The first-order valence-corrected chi connectivity index (χ1v) is 23.5. The number of anilines is 4. The van der Waals surface area contributed by atoms with Crippen LogP contribution in [0.4, 0.5) is 23.1 Å². The number of aromatic nitrogens is 2. The minimum Gasteiger partial charge on any atom is -0.485 e. The number of benzene rings is 3. The number of nitrogens with zero attached hydrogens (tertiary/aromatic N) is 3. The number of sulfonamides is 1. The van der Waals surface area contributed by atoms with Crippen molar-refractivity contribution < 1.29 is 41.9 Å². The zero-order valence-corrected chi connectivity index (χ0v) is 38.0. The zero-order valence-electron chi connectivity index (χ0n) is 35.6. The molecule has 4 aromatic rings. The number of imide groups is 2. The van der Waals surface area contributed by atoms with Crippen molar-refractivity contribution in [3.8, 4) is 5.75 Å². The Bertz CT molecular complexity index is 2570. The van der Waals surface area contributed by atoms with E-state index < -0.39 is 45.6 Å². The van der Waals surface area contributed by atoms with E-state index >= 15 is 0 Å². The number of rotatable bonds is 23. The molecule has 1 atom stereocenters. The quantitative estimate of drug-likeness (QED) is 0.0385. The molecule has 0 bridgehead atoms. The first-order valence-electron chi connectivity index (χ1n) is 21.2. The van der Waals surface area contributed by atoms with Gasteiger partial charge in [-0.3, -0.25) is 39.0 Å². The highest BCUT2D eigenvalue weighted by atomic mass is 79.9. The van der Waals surface area contributed by atoms with Crippen molar-refractivity contribution in [2.75, 3.05) is 23.8 Å². The van der Waals surface area contributed by atoms with E-state index in [0.29, 0.717) is 58.6 Å². The summed E-state index contributed by atoms with van der Waals surface area (Å²) in [7, 11) is -3.73. The van der Waals surface area contributed by atoms with Gasteiger partial charge in [-0.25, -0.2) is 18.1 Å². The molecule has 0 aliphatic carbocycles. The van der Waals surface area contributed by atoms with Gasteiger partial charge in [0, 0.05) is 31.3 Å². The van der Waals surface area contributed by atoms with Crippen molar-refractivity contribution in [2.24, 2.45) is 5.73 Å². The number of carbonyl (C=O) groups is 6. The molecule has 17 nitrogen and oxygen atoms in total. The van der Waals surface area contributed by atoms with Crippen LogP contribution in [0.5, 0.6) is 5.75 Å². The molecule has 338 valence electrons. The number of nitrogens with one attached hydrogen (secondary N) is 4. The Kier molecular flexibility index (Phi) is 16.0. The average Bonchev–Trinajstić information content (AvgIpc) is 3.50. The first-order chi connectivity index (χ1) is 30.6. The third kappa shape index (κ3) is 11.7. The smallest absolute Gasteiger partial charge is 0.266 e. The lowest BCUT2D eigenvalue weighted by Crippen LogP contribution is -2.54. The fraction of sp³-hybridized carbons (Fsp3) is 0.378. The molecule has 1 fully saturated rings. The number of amides is 5. The highest BCUT2D eigenvalue weighted by Crippen LogP contribution is 2.34. The topological polar surface area (TPSA) is 249 Å². The van der Waals surface area contributed by atoms with E-state index in [2.05, 4.69) is 46.6 Å².